The van der Waals surface area contributed by atoms with Crippen molar-refractivity contribution in [3.63, 3.8) is 0 Å². The standard InChI is InChI=1S/C12H12N4/c13-5-10-3-1-2-4-11(10)6-14-7-12-8-15-9-16-12/h1-4,8-9,14H,6-7H2,(H,15,16). The minimum atomic E-state index is 0.683. The molecule has 0 bridgehead atoms. The maximum absolute atomic E-state index is 8.91. The molecule has 0 unspecified atom stereocenters. The first-order valence-electron chi connectivity index (χ1n) is 5.06. The molecule has 0 aliphatic heterocycles. The molecule has 2 aromatic rings. The largest absolute Gasteiger partial charge is 0.347 e. The highest BCUT2D eigenvalue weighted by Crippen LogP contribution is 2.06. The van der Waals surface area contributed by atoms with E-state index in [-0.39, 0.29) is 0 Å². The molecule has 0 saturated carbocycles. The van der Waals surface area contributed by atoms with Crippen LogP contribution in [0, 0.1) is 11.3 Å². The third kappa shape index (κ3) is 2.47. The van der Waals surface area contributed by atoms with E-state index in [1.807, 2.05) is 24.3 Å². The van der Waals surface area contributed by atoms with Crippen LogP contribution in [0.1, 0.15) is 16.8 Å². The first-order valence-corrected chi connectivity index (χ1v) is 5.06. The van der Waals surface area contributed by atoms with Crippen LogP contribution in [0.2, 0.25) is 0 Å². The molecule has 2 N–H and O–H groups in total. The lowest BCUT2D eigenvalue weighted by atomic mass is 10.1. The molecule has 0 fully saturated rings. The van der Waals surface area contributed by atoms with E-state index in [1.54, 1.807) is 12.5 Å². The minimum Gasteiger partial charge on any atom is -0.347 e. The average Bonchev–Trinajstić information content (AvgIpc) is 2.83. The maximum Gasteiger partial charge on any atom is 0.0995 e. The average molecular weight is 212 g/mol. The number of benzene rings is 1. The quantitative estimate of drug-likeness (QED) is 0.808. The van der Waals surface area contributed by atoms with E-state index in [0.29, 0.717) is 6.54 Å². The summed E-state index contributed by atoms with van der Waals surface area (Å²) in [5.74, 6) is 0. The number of hydrogen-bond acceptors (Lipinski definition) is 3. The monoisotopic (exact) mass is 212 g/mol. The van der Waals surface area contributed by atoms with Gasteiger partial charge in [0.25, 0.3) is 0 Å². The lowest BCUT2D eigenvalue weighted by molar-refractivity contribution is 0.681. The third-order valence-corrected chi connectivity index (χ3v) is 2.32. The summed E-state index contributed by atoms with van der Waals surface area (Å²) < 4.78 is 0. The molecule has 0 atom stereocenters. The second-order valence-electron chi connectivity index (χ2n) is 3.45. The van der Waals surface area contributed by atoms with Gasteiger partial charge in [-0.15, -0.1) is 0 Å². The van der Waals surface area contributed by atoms with Crippen molar-refractivity contribution in [1.82, 2.24) is 15.3 Å². The molecule has 0 saturated heterocycles. The summed E-state index contributed by atoms with van der Waals surface area (Å²) in [7, 11) is 0. The zero-order chi connectivity index (χ0) is 11.2. The second kappa shape index (κ2) is 5.10. The van der Waals surface area contributed by atoms with Crippen molar-refractivity contribution in [3.05, 3.63) is 53.6 Å². The van der Waals surface area contributed by atoms with Crippen LogP contribution in [0.4, 0.5) is 0 Å². The number of hydrogen-bond donors (Lipinski definition) is 2. The van der Waals surface area contributed by atoms with E-state index in [4.69, 9.17) is 5.26 Å². The summed E-state index contributed by atoms with van der Waals surface area (Å²) in [5.41, 5.74) is 2.78. The van der Waals surface area contributed by atoms with E-state index in [1.165, 1.54) is 0 Å². The van der Waals surface area contributed by atoms with Gasteiger partial charge in [0.1, 0.15) is 0 Å². The van der Waals surface area contributed by atoms with Crippen LogP contribution in [0.25, 0.3) is 0 Å². The van der Waals surface area contributed by atoms with Gasteiger partial charge >= 0.3 is 0 Å². The first kappa shape index (κ1) is 10.4. The van der Waals surface area contributed by atoms with Crippen molar-refractivity contribution >= 4 is 0 Å². The van der Waals surface area contributed by atoms with Crippen LogP contribution in [-0.4, -0.2) is 9.97 Å². The summed E-state index contributed by atoms with van der Waals surface area (Å²) >= 11 is 0. The Kier molecular flexibility index (Phi) is 3.31. The molecule has 0 spiro atoms. The van der Waals surface area contributed by atoms with E-state index >= 15 is 0 Å². The summed E-state index contributed by atoms with van der Waals surface area (Å²) in [6.45, 7) is 1.41. The summed E-state index contributed by atoms with van der Waals surface area (Å²) in [5, 5.41) is 12.2. The first-order chi connectivity index (χ1) is 7.90. The fourth-order valence-corrected chi connectivity index (χ4v) is 1.50. The van der Waals surface area contributed by atoms with Crippen molar-refractivity contribution in [2.45, 2.75) is 13.1 Å². The number of aromatic nitrogens is 2. The Labute approximate surface area is 94.0 Å². The number of imidazole rings is 1. The van der Waals surface area contributed by atoms with Crippen molar-refractivity contribution in [1.29, 1.82) is 5.26 Å². The lowest BCUT2D eigenvalue weighted by Gasteiger charge is -2.04. The number of H-pyrrole nitrogens is 1. The molecule has 1 aromatic heterocycles. The fourth-order valence-electron chi connectivity index (χ4n) is 1.50. The molecule has 1 aromatic carbocycles. The molecule has 16 heavy (non-hydrogen) atoms. The molecular weight excluding hydrogens is 200 g/mol. The number of nitrogens with one attached hydrogen (secondary N) is 2. The zero-order valence-corrected chi connectivity index (χ0v) is 8.77. The Morgan fingerprint density at radius 2 is 2.19 bits per heavy atom. The summed E-state index contributed by atoms with van der Waals surface area (Å²) in [4.78, 5) is 6.95. The number of aromatic amines is 1. The fraction of sp³-hybridized carbons (Fsp3) is 0.167. The van der Waals surface area contributed by atoms with Gasteiger partial charge in [-0.2, -0.15) is 5.26 Å². The maximum atomic E-state index is 8.91. The van der Waals surface area contributed by atoms with E-state index in [0.717, 1.165) is 23.4 Å². The Hall–Kier alpha value is -2.12. The van der Waals surface area contributed by atoms with Crippen molar-refractivity contribution < 1.29 is 0 Å². The number of nitrogens with zero attached hydrogens (tertiary/aromatic N) is 2. The van der Waals surface area contributed by atoms with Crippen LogP contribution >= 0.6 is 0 Å². The van der Waals surface area contributed by atoms with Crippen LogP contribution in [0.15, 0.2) is 36.8 Å². The van der Waals surface area contributed by atoms with E-state index in [2.05, 4.69) is 21.4 Å². The predicted molar refractivity (Wildman–Crippen MR) is 60.3 cm³/mol. The van der Waals surface area contributed by atoms with Gasteiger partial charge in [0, 0.05) is 25.0 Å². The highest BCUT2D eigenvalue weighted by Gasteiger charge is 2.00. The molecule has 4 heteroatoms. The predicted octanol–water partition coefficient (Wildman–Crippen LogP) is 1.57. The molecule has 0 radical (unpaired) electrons. The summed E-state index contributed by atoms with van der Waals surface area (Å²) in [6.07, 6.45) is 3.43. The van der Waals surface area contributed by atoms with Crippen LogP contribution in [-0.2, 0) is 13.1 Å². The van der Waals surface area contributed by atoms with Gasteiger partial charge in [0.05, 0.1) is 18.0 Å². The van der Waals surface area contributed by atoms with Crippen LogP contribution in [0.5, 0.6) is 0 Å². The Morgan fingerprint density at radius 3 is 2.94 bits per heavy atom. The van der Waals surface area contributed by atoms with Gasteiger partial charge in [0.15, 0.2) is 0 Å². The van der Waals surface area contributed by atoms with Gasteiger partial charge in [-0.1, -0.05) is 18.2 Å². The third-order valence-electron chi connectivity index (χ3n) is 2.32. The van der Waals surface area contributed by atoms with Gasteiger partial charge in [-0.3, -0.25) is 0 Å². The molecule has 2 rings (SSSR count). The SMILES string of the molecule is N#Cc1ccccc1CNCc1cnc[nH]1. The number of rotatable bonds is 4. The zero-order valence-electron chi connectivity index (χ0n) is 8.77. The molecule has 0 amide bonds. The summed E-state index contributed by atoms with van der Waals surface area (Å²) in [6, 6.07) is 9.77. The number of nitriles is 1. The smallest absolute Gasteiger partial charge is 0.0995 e. The van der Waals surface area contributed by atoms with Gasteiger partial charge < -0.3 is 10.3 Å². The van der Waals surface area contributed by atoms with Gasteiger partial charge in [0.2, 0.25) is 0 Å². The molecule has 4 nitrogen and oxygen atoms in total. The van der Waals surface area contributed by atoms with Crippen molar-refractivity contribution in [2.75, 3.05) is 0 Å². The Balaban J connectivity index is 1.93. The van der Waals surface area contributed by atoms with Gasteiger partial charge in [-0.25, -0.2) is 4.98 Å². The normalized spacial score (nSPS) is 9.94. The molecule has 0 aliphatic rings. The van der Waals surface area contributed by atoms with Crippen LogP contribution in [0.3, 0.4) is 0 Å². The highest BCUT2D eigenvalue weighted by molar-refractivity contribution is 5.37. The topological polar surface area (TPSA) is 64.5 Å². The van der Waals surface area contributed by atoms with Gasteiger partial charge in [-0.05, 0) is 11.6 Å². The second-order valence-corrected chi connectivity index (χ2v) is 3.45. The van der Waals surface area contributed by atoms with E-state index < -0.39 is 0 Å². The molecule has 1 heterocycles. The highest BCUT2D eigenvalue weighted by atomic mass is 14.9. The van der Waals surface area contributed by atoms with Crippen molar-refractivity contribution in [2.24, 2.45) is 0 Å². The molecule has 80 valence electrons. The Morgan fingerprint density at radius 1 is 1.31 bits per heavy atom. The van der Waals surface area contributed by atoms with Crippen molar-refractivity contribution in [3.8, 4) is 6.07 Å². The molecule has 0 aliphatic carbocycles. The minimum absolute atomic E-state index is 0.683. The molecular formula is C12H12N4. The Bertz CT molecular complexity index is 482. The van der Waals surface area contributed by atoms with E-state index in [9.17, 15) is 0 Å². The van der Waals surface area contributed by atoms with Crippen LogP contribution < -0.4 is 5.32 Å². The lowest BCUT2D eigenvalue weighted by Crippen LogP contribution is -2.13.